The highest BCUT2D eigenvalue weighted by Gasteiger charge is 2.21. The van der Waals surface area contributed by atoms with E-state index in [1.165, 1.54) is 148 Å². The van der Waals surface area contributed by atoms with Crippen molar-refractivity contribution in [2.45, 2.75) is 180 Å². The lowest BCUT2D eigenvalue weighted by molar-refractivity contribution is -0.139. The number of esters is 1. The summed E-state index contributed by atoms with van der Waals surface area (Å²) in [4.78, 5) is 11.6. The van der Waals surface area contributed by atoms with E-state index < -0.39 is 0 Å². The number of allylic oxidation sites excluding steroid dienone is 6. The Hall–Kier alpha value is -1.57. The Balaban J connectivity index is 1.74. The van der Waals surface area contributed by atoms with Gasteiger partial charge in [-0.05, 0) is 77.2 Å². The van der Waals surface area contributed by atoms with Gasteiger partial charge < -0.3 is 4.74 Å². The van der Waals surface area contributed by atoms with E-state index in [2.05, 4.69) is 43.4 Å². The highest BCUT2D eigenvalue weighted by atomic mass is 16.5. The predicted molar refractivity (Wildman–Crippen MR) is 172 cm³/mol. The largest absolute Gasteiger partial charge is 0.455 e. The average Bonchev–Trinajstić information content (AvgIpc) is 3.26. The smallest absolute Gasteiger partial charge is 0.334 e. The van der Waals surface area contributed by atoms with Crippen LogP contribution in [0, 0.1) is 0 Å². The first-order valence-electron chi connectivity index (χ1n) is 17.1. The third kappa shape index (κ3) is 24.0. The molecule has 0 bridgehead atoms. The lowest BCUT2D eigenvalue weighted by Gasteiger charge is -2.02. The Kier molecular flexibility index (Phi) is 25.4. The molecule has 2 heteroatoms. The van der Waals surface area contributed by atoms with Crippen LogP contribution in [0.2, 0.25) is 0 Å². The van der Waals surface area contributed by atoms with E-state index in [-0.39, 0.29) is 12.1 Å². The molecule has 1 atom stereocenters. The van der Waals surface area contributed by atoms with Crippen LogP contribution >= 0.6 is 0 Å². The van der Waals surface area contributed by atoms with Crippen LogP contribution in [-0.4, -0.2) is 12.1 Å². The molecule has 1 aliphatic rings. The summed E-state index contributed by atoms with van der Waals surface area (Å²) in [6.07, 6.45) is 48.9. The number of unbranched alkanes of at least 4 members (excludes halogenated alkanes) is 20. The standard InChI is InChI=1S/C37H64O2/c1-3-4-5-6-7-8-9-10-11-12-13-14-15-16-17-18-19-20-21-22-23-24-25-26-27-28-29-30-31-32-33-36-34-35(2)39-37(36)38/h14-15,18-19,22-23,34-35H,3-13,16-17,20-21,24-33H2,1-2H3. The molecule has 0 saturated carbocycles. The van der Waals surface area contributed by atoms with E-state index in [0.717, 1.165) is 18.4 Å². The van der Waals surface area contributed by atoms with E-state index >= 15 is 0 Å². The van der Waals surface area contributed by atoms with Crippen molar-refractivity contribution >= 4 is 5.97 Å². The van der Waals surface area contributed by atoms with Gasteiger partial charge in [-0.25, -0.2) is 4.79 Å². The molecule has 0 aromatic rings. The molecule has 0 aromatic carbocycles. The lowest BCUT2D eigenvalue weighted by atomic mass is 10.0. The van der Waals surface area contributed by atoms with Crippen LogP contribution in [0.15, 0.2) is 48.1 Å². The molecule has 0 fully saturated rings. The summed E-state index contributed by atoms with van der Waals surface area (Å²) in [6, 6.07) is 0. The van der Waals surface area contributed by atoms with Crippen LogP contribution in [-0.2, 0) is 9.53 Å². The van der Waals surface area contributed by atoms with Crippen LogP contribution in [0.1, 0.15) is 174 Å². The van der Waals surface area contributed by atoms with Gasteiger partial charge in [0.25, 0.3) is 0 Å². The van der Waals surface area contributed by atoms with Crippen LogP contribution in [0.3, 0.4) is 0 Å². The van der Waals surface area contributed by atoms with Crippen molar-refractivity contribution in [2.75, 3.05) is 0 Å². The summed E-state index contributed by atoms with van der Waals surface area (Å²) < 4.78 is 5.15. The Labute approximate surface area is 243 Å². The van der Waals surface area contributed by atoms with Gasteiger partial charge in [-0.3, -0.25) is 0 Å². The fourth-order valence-electron chi connectivity index (χ4n) is 5.30. The first-order valence-corrected chi connectivity index (χ1v) is 17.1. The molecule has 0 amide bonds. The molecule has 224 valence electrons. The molecule has 1 rings (SSSR count). The van der Waals surface area contributed by atoms with Gasteiger partial charge in [0.15, 0.2) is 0 Å². The Morgan fingerprint density at radius 3 is 1.28 bits per heavy atom. The second kappa shape index (κ2) is 28.0. The molecule has 1 unspecified atom stereocenters. The predicted octanol–water partition coefficient (Wildman–Crippen LogP) is 12.3. The summed E-state index contributed by atoms with van der Waals surface area (Å²) in [7, 11) is 0. The van der Waals surface area contributed by atoms with Gasteiger partial charge in [0, 0.05) is 5.57 Å². The van der Waals surface area contributed by atoms with Gasteiger partial charge in [0.05, 0.1) is 0 Å². The normalized spacial score (nSPS) is 15.8. The number of carbonyl (C=O) groups is 1. The molecule has 0 spiro atoms. The molecule has 0 aliphatic carbocycles. The van der Waals surface area contributed by atoms with E-state index in [9.17, 15) is 4.79 Å². The average molecular weight is 541 g/mol. The summed E-state index contributed by atoms with van der Waals surface area (Å²) in [6.45, 7) is 4.22. The third-order valence-corrected chi connectivity index (χ3v) is 7.78. The van der Waals surface area contributed by atoms with Crippen molar-refractivity contribution in [3.05, 3.63) is 48.1 Å². The quantitative estimate of drug-likeness (QED) is 0.0560. The van der Waals surface area contributed by atoms with E-state index in [0.29, 0.717) is 0 Å². The summed E-state index contributed by atoms with van der Waals surface area (Å²) in [5, 5.41) is 0. The van der Waals surface area contributed by atoms with Gasteiger partial charge in [0.1, 0.15) is 6.10 Å². The van der Waals surface area contributed by atoms with Crippen molar-refractivity contribution in [3.8, 4) is 0 Å². The Bertz CT molecular complexity index is 669. The highest BCUT2D eigenvalue weighted by Crippen LogP contribution is 2.20. The van der Waals surface area contributed by atoms with Gasteiger partial charge in [-0.2, -0.15) is 0 Å². The Morgan fingerprint density at radius 2 is 0.897 bits per heavy atom. The monoisotopic (exact) mass is 540 g/mol. The fraction of sp³-hybridized carbons (Fsp3) is 0.757. The maximum atomic E-state index is 11.6. The topological polar surface area (TPSA) is 26.3 Å². The Morgan fingerprint density at radius 1 is 0.538 bits per heavy atom. The first-order chi connectivity index (χ1) is 19.2. The second-order valence-corrected chi connectivity index (χ2v) is 11.7. The lowest BCUT2D eigenvalue weighted by Crippen LogP contribution is -2.03. The highest BCUT2D eigenvalue weighted by molar-refractivity contribution is 5.90. The van der Waals surface area contributed by atoms with Crippen molar-refractivity contribution in [1.29, 1.82) is 0 Å². The minimum atomic E-state index is -0.0962. The van der Waals surface area contributed by atoms with E-state index in [4.69, 9.17) is 4.74 Å². The van der Waals surface area contributed by atoms with E-state index in [1.54, 1.807) is 0 Å². The summed E-state index contributed by atoms with van der Waals surface area (Å²) >= 11 is 0. The number of hydrogen-bond acceptors (Lipinski definition) is 2. The molecule has 39 heavy (non-hydrogen) atoms. The number of hydrogen-bond donors (Lipinski definition) is 0. The molecule has 1 aliphatic heterocycles. The molecule has 1 heterocycles. The SMILES string of the molecule is CCCCCCCCCCCCC=CCCC=CCCC=CCCCCCCCCCCC1=CC(C)OC1=O. The number of rotatable bonds is 28. The zero-order chi connectivity index (χ0) is 28.1. The molecule has 0 saturated heterocycles. The van der Waals surface area contributed by atoms with Crippen molar-refractivity contribution in [1.82, 2.24) is 0 Å². The summed E-state index contributed by atoms with van der Waals surface area (Å²) in [5.74, 6) is -0.0962. The van der Waals surface area contributed by atoms with Gasteiger partial charge in [0.2, 0.25) is 0 Å². The molecule has 0 aromatic heterocycles. The van der Waals surface area contributed by atoms with Gasteiger partial charge in [-0.15, -0.1) is 0 Å². The van der Waals surface area contributed by atoms with Crippen molar-refractivity contribution in [2.24, 2.45) is 0 Å². The van der Waals surface area contributed by atoms with Gasteiger partial charge in [-0.1, -0.05) is 140 Å². The minimum absolute atomic E-state index is 0.0226. The zero-order valence-electron chi connectivity index (χ0n) is 26.1. The van der Waals surface area contributed by atoms with Crippen molar-refractivity contribution < 1.29 is 9.53 Å². The van der Waals surface area contributed by atoms with Crippen molar-refractivity contribution in [3.63, 3.8) is 0 Å². The molecular formula is C37H64O2. The number of carbonyl (C=O) groups excluding carboxylic acids is 1. The molecule has 0 radical (unpaired) electrons. The van der Waals surface area contributed by atoms with Crippen LogP contribution in [0.4, 0.5) is 0 Å². The summed E-state index contributed by atoms with van der Waals surface area (Å²) in [5.41, 5.74) is 0.893. The molecular weight excluding hydrogens is 476 g/mol. The number of cyclic esters (lactones) is 1. The maximum absolute atomic E-state index is 11.6. The maximum Gasteiger partial charge on any atom is 0.334 e. The molecule has 2 nitrogen and oxygen atoms in total. The third-order valence-electron chi connectivity index (χ3n) is 7.78. The minimum Gasteiger partial charge on any atom is -0.455 e. The van der Waals surface area contributed by atoms with Crippen LogP contribution in [0.5, 0.6) is 0 Å². The first kappa shape index (κ1) is 35.5. The van der Waals surface area contributed by atoms with E-state index in [1.807, 2.05) is 13.0 Å². The van der Waals surface area contributed by atoms with Crippen LogP contribution < -0.4 is 0 Å². The fourth-order valence-corrected chi connectivity index (χ4v) is 5.30. The number of ether oxygens (including phenoxy) is 1. The zero-order valence-corrected chi connectivity index (χ0v) is 26.1. The van der Waals surface area contributed by atoms with Gasteiger partial charge >= 0.3 is 5.97 Å². The van der Waals surface area contributed by atoms with Crippen LogP contribution in [0.25, 0.3) is 0 Å². The molecule has 0 N–H and O–H groups in total. The second-order valence-electron chi connectivity index (χ2n) is 11.7.